The molecule has 0 saturated carbocycles. The summed E-state index contributed by atoms with van der Waals surface area (Å²) in [6.07, 6.45) is 0.291. The van der Waals surface area contributed by atoms with E-state index >= 15 is 0 Å². The molecule has 0 aliphatic rings. The Labute approximate surface area is 124 Å². The average molecular weight is 342 g/mol. The van der Waals surface area contributed by atoms with E-state index in [-0.39, 0.29) is 24.4 Å². The highest BCUT2D eigenvalue weighted by molar-refractivity contribution is 9.10. The summed E-state index contributed by atoms with van der Waals surface area (Å²) in [5, 5.41) is 0.562. The summed E-state index contributed by atoms with van der Waals surface area (Å²) >= 11 is 9.17. The van der Waals surface area contributed by atoms with Crippen molar-refractivity contribution in [1.82, 2.24) is 0 Å². The van der Waals surface area contributed by atoms with Gasteiger partial charge >= 0.3 is 0 Å². The molecule has 4 heteroatoms. The minimum atomic E-state index is -0.373. The second kappa shape index (κ2) is 6.31. The number of halogens is 3. The van der Waals surface area contributed by atoms with Crippen molar-refractivity contribution in [2.45, 2.75) is 12.8 Å². The molecule has 0 unspecified atom stereocenters. The first-order valence-electron chi connectivity index (χ1n) is 5.75. The largest absolute Gasteiger partial charge is 0.299 e. The molecule has 0 aromatic heterocycles. The van der Waals surface area contributed by atoms with Crippen LogP contribution in [0, 0.1) is 5.82 Å². The molecule has 2 aromatic rings. The first kappa shape index (κ1) is 14.2. The number of carbonyl (C=O) groups excluding carboxylic acids is 1. The Kier molecular flexibility index (Phi) is 4.72. The molecular weight excluding hydrogens is 331 g/mol. The smallest absolute Gasteiger partial charge is 0.141 e. The minimum absolute atomic E-state index is 0.0608. The Morgan fingerprint density at radius 3 is 2.47 bits per heavy atom. The van der Waals surface area contributed by atoms with E-state index < -0.39 is 0 Å². The fraction of sp³-hybridized carbons (Fsp3) is 0.133. The Hall–Kier alpha value is -1.19. The van der Waals surface area contributed by atoms with Crippen LogP contribution in [0.4, 0.5) is 4.39 Å². The third-order valence-corrected chi connectivity index (χ3v) is 3.61. The summed E-state index contributed by atoms with van der Waals surface area (Å²) < 4.78 is 14.3. The number of carbonyl (C=O) groups is 1. The van der Waals surface area contributed by atoms with Crippen LogP contribution in [-0.4, -0.2) is 5.78 Å². The van der Waals surface area contributed by atoms with Gasteiger partial charge in [0, 0.05) is 22.3 Å². The van der Waals surface area contributed by atoms with Gasteiger partial charge in [0.15, 0.2) is 0 Å². The standard InChI is InChI=1S/C15H11BrClFO/c16-12-6-5-11(15(18)9-12)8-13(19)7-10-3-1-2-4-14(10)17/h1-6,9H,7-8H2. The van der Waals surface area contributed by atoms with Gasteiger partial charge in [0.05, 0.1) is 0 Å². The van der Waals surface area contributed by atoms with Crippen LogP contribution in [-0.2, 0) is 17.6 Å². The van der Waals surface area contributed by atoms with Crippen LogP contribution in [0.5, 0.6) is 0 Å². The molecule has 0 saturated heterocycles. The molecule has 0 heterocycles. The fourth-order valence-corrected chi connectivity index (χ4v) is 2.33. The maximum Gasteiger partial charge on any atom is 0.141 e. The second-order valence-corrected chi connectivity index (χ2v) is 5.54. The van der Waals surface area contributed by atoms with Gasteiger partial charge < -0.3 is 0 Å². The van der Waals surface area contributed by atoms with E-state index in [1.54, 1.807) is 24.3 Å². The highest BCUT2D eigenvalue weighted by atomic mass is 79.9. The number of Topliss-reactive ketones (excluding diaryl/α,β-unsaturated/α-hetero) is 1. The van der Waals surface area contributed by atoms with E-state index in [4.69, 9.17) is 11.6 Å². The summed E-state index contributed by atoms with van der Waals surface area (Å²) in [6.45, 7) is 0. The zero-order valence-electron chi connectivity index (χ0n) is 10.00. The molecule has 1 nitrogen and oxygen atoms in total. The lowest BCUT2D eigenvalue weighted by Gasteiger charge is -2.05. The molecule has 0 N–H and O–H groups in total. The molecule has 0 spiro atoms. The van der Waals surface area contributed by atoms with E-state index in [9.17, 15) is 9.18 Å². The van der Waals surface area contributed by atoms with E-state index in [0.29, 0.717) is 15.1 Å². The van der Waals surface area contributed by atoms with E-state index in [1.165, 1.54) is 6.07 Å². The molecule has 0 amide bonds. The molecule has 0 atom stereocenters. The van der Waals surface area contributed by atoms with Crippen LogP contribution in [0.25, 0.3) is 0 Å². The number of hydrogen-bond donors (Lipinski definition) is 0. The predicted octanol–water partition coefficient (Wildman–Crippen LogP) is 4.60. The molecule has 2 aromatic carbocycles. The zero-order chi connectivity index (χ0) is 13.8. The van der Waals surface area contributed by atoms with Gasteiger partial charge in [-0.3, -0.25) is 4.79 Å². The second-order valence-electron chi connectivity index (χ2n) is 4.22. The van der Waals surface area contributed by atoms with Gasteiger partial charge in [0.25, 0.3) is 0 Å². The van der Waals surface area contributed by atoms with Gasteiger partial charge in [-0.15, -0.1) is 0 Å². The van der Waals surface area contributed by atoms with Crippen molar-refractivity contribution in [3.05, 3.63) is 68.9 Å². The monoisotopic (exact) mass is 340 g/mol. The number of hydrogen-bond acceptors (Lipinski definition) is 1. The van der Waals surface area contributed by atoms with Crippen LogP contribution in [0.15, 0.2) is 46.9 Å². The van der Waals surface area contributed by atoms with Gasteiger partial charge in [0.2, 0.25) is 0 Å². The number of rotatable bonds is 4. The lowest BCUT2D eigenvalue weighted by molar-refractivity contribution is -0.117. The number of benzene rings is 2. The van der Waals surface area contributed by atoms with Crippen molar-refractivity contribution < 1.29 is 9.18 Å². The van der Waals surface area contributed by atoms with Gasteiger partial charge in [-0.2, -0.15) is 0 Å². The summed E-state index contributed by atoms with van der Waals surface area (Å²) in [5.74, 6) is -0.434. The van der Waals surface area contributed by atoms with Crippen LogP contribution >= 0.6 is 27.5 Å². The lowest BCUT2D eigenvalue weighted by atomic mass is 10.0. The van der Waals surface area contributed by atoms with Crippen molar-refractivity contribution in [1.29, 1.82) is 0 Å². The predicted molar refractivity (Wildman–Crippen MR) is 78.0 cm³/mol. The lowest BCUT2D eigenvalue weighted by Crippen LogP contribution is -2.08. The van der Waals surface area contributed by atoms with Crippen LogP contribution in [0.1, 0.15) is 11.1 Å². The topological polar surface area (TPSA) is 17.1 Å². The summed E-state index contributed by atoms with van der Waals surface area (Å²) in [7, 11) is 0. The molecule has 98 valence electrons. The third kappa shape index (κ3) is 3.88. The minimum Gasteiger partial charge on any atom is -0.299 e. The van der Waals surface area contributed by atoms with Crippen LogP contribution in [0.2, 0.25) is 5.02 Å². The average Bonchev–Trinajstić information content (AvgIpc) is 2.36. The maximum atomic E-state index is 13.6. The molecule has 0 aliphatic heterocycles. The van der Waals surface area contributed by atoms with E-state index in [0.717, 1.165) is 5.56 Å². The summed E-state index contributed by atoms with van der Waals surface area (Å²) in [4.78, 5) is 11.9. The number of ketones is 1. The first-order valence-corrected chi connectivity index (χ1v) is 6.92. The summed E-state index contributed by atoms with van der Waals surface area (Å²) in [6, 6.07) is 11.9. The van der Waals surface area contributed by atoms with Crippen molar-refractivity contribution in [3.8, 4) is 0 Å². The van der Waals surface area contributed by atoms with Gasteiger partial charge in [0.1, 0.15) is 11.6 Å². The maximum absolute atomic E-state index is 13.6. The molecule has 0 bridgehead atoms. The fourth-order valence-electron chi connectivity index (χ4n) is 1.79. The summed E-state index contributed by atoms with van der Waals surface area (Å²) in [5.41, 5.74) is 1.17. The van der Waals surface area contributed by atoms with Gasteiger partial charge in [-0.25, -0.2) is 4.39 Å². The van der Waals surface area contributed by atoms with Crippen molar-refractivity contribution in [3.63, 3.8) is 0 Å². The quantitative estimate of drug-likeness (QED) is 0.794. The van der Waals surface area contributed by atoms with E-state index in [1.807, 2.05) is 12.1 Å². The SMILES string of the molecule is O=C(Cc1ccc(Br)cc1F)Cc1ccccc1Cl. The van der Waals surface area contributed by atoms with Gasteiger partial charge in [-0.05, 0) is 29.3 Å². The van der Waals surface area contributed by atoms with Crippen molar-refractivity contribution >= 4 is 33.3 Å². The van der Waals surface area contributed by atoms with Crippen LogP contribution < -0.4 is 0 Å². The van der Waals surface area contributed by atoms with Gasteiger partial charge in [-0.1, -0.05) is 51.8 Å². The Morgan fingerprint density at radius 2 is 1.79 bits per heavy atom. The van der Waals surface area contributed by atoms with E-state index in [2.05, 4.69) is 15.9 Å². The molecular formula is C15H11BrClFO. The zero-order valence-corrected chi connectivity index (χ0v) is 12.3. The van der Waals surface area contributed by atoms with Crippen LogP contribution in [0.3, 0.4) is 0 Å². The van der Waals surface area contributed by atoms with Crippen molar-refractivity contribution in [2.24, 2.45) is 0 Å². The Bertz CT molecular complexity index is 613. The molecule has 2 rings (SSSR count). The first-order chi connectivity index (χ1) is 9.06. The highest BCUT2D eigenvalue weighted by Gasteiger charge is 2.11. The molecule has 19 heavy (non-hydrogen) atoms. The Morgan fingerprint density at radius 1 is 1.11 bits per heavy atom. The Balaban J connectivity index is 2.08. The normalized spacial score (nSPS) is 10.5. The molecule has 0 aliphatic carbocycles. The molecule has 0 fully saturated rings. The highest BCUT2D eigenvalue weighted by Crippen LogP contribution is 2.19. The van der Waals surface area contributed by atoms with Crippen molar-refractivity contribution in [2.75, 3.05) is 0 Å². The molecule has 0 radical (unpaired) electrons. The third-order valence-electron chi connectivity index (χ3n) is 2.75.